The van der Waals surface area contributed by atoms with Crippen molar-refractivity contribution < 1.29 is 9.59 Å². The van der Waals surface area contributed by atoms with Crippen molar-refractivity contribution in [3.05, 3.63) is 35.4 Å². The highest BCUT2D eigenvalue weighted by Gasteiger charge is 2.41. The van der Waals surface area contributed by atoms with Crippen molar-refractivity contribution in [1.29, 1.82) is 0 Å². The monoisotopic (exact) mass is 312 g/mol. The molecule has 3 aliphatic rings. The molecule has 4 heteroatoms. The lowest BCUT2D eigenvalue weighted by Crippen LogP contribution is -2.58. The summed E-state index contributed by atoms with van der Waals surface area (Å²) in [6.45, 7) is 0.748. The third kappa shape index (κ3) is 2.69. The summed E-state index contributed by atoms with van der Waals surface area (Å²) < 4.78 is 0. The minimum atomic E-state index is -0.307. The molecule has 122 valence electrons. The predicted octanol–water partition coefficient (Wildman–Crippen LogP) is 2.58. The number of carbonyl (C=O) groups excluding carboxylic acids is 2. The van der Waals surface area contributed by atoms with E-state index in [9.17, 15) is 9.59 Å². The molecule has 2 aliphatic heterocycles. The van der Waals surface area contributed by atoms with Gasteiger partial charge >= 0.3 is 0 Å². The van der Waals surface area contributed by atoms with Gasteiger partial charge in [-0.2, -0.15) is 0 Å². The quantitative estimate of drug-likeness (QED) is 0.913. The highest BCUT2D eigenvalue weighted by Crippen LogP contribution is 2.33. The molecule has 0 radical (unpaired) electrons. The lowest BCUT2D eigenvalue weighted by Gasteiger charge is -2.44. The Bertz CT molecular complexity index is 622. The Morgan fingerprint density at radius 1 is 1.13 bits per heavy atom. The molecule has 1 amide bonds. The van der Waals surface area contributed by atoms with Gasteiger partial charge in [0.15, 0.2) is 5.78 Å². The number of carbonyl (C=O) groups is 2. The molecular formula is C19H24N2O2. The van der Waals surface area contributed by atoms with Gasteiger partial charge in [0.25, 0.3) is 0 Å². The minimum Gasteiger partial charge on any atom is -0.323 e. The summed E-state index contributed by atoms with van der Waals surface area (Å²) in [5.74, 6) is 0.539. The second-order valence-corrected chi connectivity index (χ2v) is 7.10. The second-order valence-electron chi connectivity index (χ2n) is 7.10. The maximum Gasteiger partial charge on any atom is 0.226 e. The highest BCUT2D eigenvalue weighted by molar-refractivity contribution is 5.92. The Labute approximate surface area is 137 Å². The third-order valence-corrected chi connectivity index (χ3v) is 5.69. The van der Waals surface area contributed by atoms with Crippen molar-refractivity contribution in [3.8, 4) is 0 Å². The molecule has 1 aliphatic carbocycles. The van der Waals surface area contributed by atoms with E-state index in [1.54, 1.807) is 0 Å². The number of nitrogens with zero attached hydrogens (tertiary/aromatic N) is 1. The van der Waals surface area contributed by atoms with E-state index in [0.29, 0.717) is 6.42 Å². The van der Waals surface area contributed by atoms with Crippen LogP contribution >= 0.6 is 0 Å². The highest BCUT2D eigenvalue weighted by atomic mass is 16.2. The summed E-state index contributed by atoms with van der Waals surface area (Å²) in [5.41, 5.74) is 2.45. The standard InChI is InChI=1S/C19H24N2O2/c22-17-12-16(18(23)14-7-2-1-3-8-14)20-19-15-9-5-4-6-13(15)10-11-21(17)19/h4-6,9,14,16,19-20H,1-3,7-8,10-12H2. The van der Waals surface area contributed by atoms with Crippen molar-refractivity contribution in [2.45, 2.75) is 57.2 Å². The Balaban J connectivity index is 1.57. The summed E-state index contributed by atoms with van der Waals surface area (Å²) in [4.78, 5) is 27.3. The summed E-state index contributed by atoms with van der Waals surface area (Å²) in [5, 5.41) is 3.49. The van der Waals surface area contributed by atoms with Gasteiger partial charge in [0.1, 0.15) is 6.17 Å². The number of ketones is 1. The number of Topliss-reactive ketones (excluding diaryl/α,β-unsaturated/α-hetero) is 1. The van der Waals surface area contributed by atoms with E-state index in [1.807, 2.05) is 17.0 Å². The molecule has 0 spiro atoms. The van der Waals surface area contributed by atoms with Gasteiger partial charge < -0.3 is 4.90 Å². The lowest BCUT2D eigenvalue weighted by molar-refractivity contribution is -0.144. The fourth-order valence-corrected chi connectivity index (χ4v) is 4.41. The molecule has 2 heterocycles. The molecule has 1 saturated heterocycles. The molecule has 23 heavy (non-hydrogen) atoms. The summed E-state index contributed by atoms with van der Waals surface area (Å²) in [6.07, 6.45) is 6.63. The van der Waals surface area contributed by atoms with E-state index >= 15 is 0 Å². The third-order valence-electron chi connectivity index (χ3n) is 5.69. The molecule has 1 aromatic carbocycles. The largest absolute Gasteiger partial charge is 0.323 e. The molecule has 0 bridgehead atoms. The van der Waals surface area contributed by atoms with Crippen LogP contribution in [0.25, 0.3) is 0 Å². The number of amides is 1. The van der Waals surface area contributed by atoms with Crippen LogP contribution in [0.5, 0.6) is 0 Å². The molecule has 2 unspecified atom stereocenters. The Kier molecular flexibility index (Phi) is 3.93. The molecule has 4 nitrogen and oxygen atoms in total. The van der Waals surface area contributed by atoms with Crippen LogP contribution in [-0.2, 0) is 16.0 Å². The topological polar surface area (TPSA) is 49.4 Å². The first-order valence-electron chi connectivity index (χ1n) is 8.91. The molecule has 1 saturated carbocycles. The summed E-state index contributed by atoms with van der Waals surface area (Å²) >= 11 is 0. The number of hydrogen-bond acceptors (Lipinski definition) is 3. The van der Waals surface area contributed by atoms with E-state index in [-0.39, 0.29) is 29.8 Å². The van der Waals surface area contributed by atoms with E-state index in [1.165, 1.54) is 12.0 Å². The average Bonchev–Trinajstić information content (AvgIpc) is 2.61. The van der Waals surface area contributed by atoms with Crippen LogP contribution in [-0.4, -0.2) is 29.2 Å². The maximum atomic E-state index is 12.9. The van der Waals surface area contributed by atoms with Crippen LogP contribution in [0.3, 0.4) is 0 Å². The van der Waals surface area contributed by atoms with Gasteiger partial charge in [-0.3, -0.25) is 14.9 Å². The van der Waals surface area contributed by atoms with Gasteiger partial charge in [0.2, 0.25) is 5.91 Å². The van der Waals surface area contributed by atoms with Crippen molar-refractivity contribution in [1.82, 2.24) is 10.2 Å². The Hall–Kier alpha value is -1.68. The lowest BCUT2D eigenvalue weighted by atomic mass is 9.82. The fourth-order valence-electron chi connectivity index (χ4n) is 4.41. The average molecular weight is 312 g/mol. The Morgan fingerprint density at radius 2 is 1.91 bits per heavy atom. The summed E-state index contributed by atoms with van der Waals surface area (Å²) in [7, 11) is 0. The van der Waals surface area contributed by atoms with Gasteiger partial charge in [0.05, 0.1) is 6.04 Å². The zero-order valence-electron chi connectivity index (χ0n) is 13.5. The van der Waals surface area contributed by atoms with Crippen molar-refractivity contribution >= 4 is 11.7 Å². The van der Waals surface area contributed by atoms with Gasteiger partial charge in [-0.1, -0.05) is 43.5 Å². The molecule has 2 atom stereocenters. The Morgan fingerprint density at radius 3 is 2.74 bits per heavy atom. The first kappa shape index (κ1) is 14.9. The normalized spacial score (nSPS) is 28.2. The number of rotatable bonds is 2. The maximum absolute atomic E-state index is 12.9. The number of nitrogens with one attached hydrogen (secondary N) is 1. The zero-order chi connectivity index (χ0) is 15.8. The van der Waals surface area contributed by atoms with Gasteiger partial charge in [0, 0.05) is 18.9 Å². The molecule has 1 N–H and O–H groups in total. The smallest absolute Gasteiger partial charge is 0.226 e. The first-order chi connectivity index (χ1) is 11.2. The van der Waals surface area contributed by atoms with Crippen LogP contribution < -0.4 is 5.32 Å². The molecule has 4 rings (SSSR count). The fraction of sp³-hybridized carbons (Fsp3) is 0.579. The number of hydrogen-bond donors (Lipinski definition) is 1. The van der Waals surface area contributed by atoms with E-state index < -0.39 is 0 Å². The SMILES string of the molecule is O=C(C1CCCCC1)C1CC(=O)N2CCc3ccccc3C2N1. The minimum absolute atomic E-state index is 0.123. The van der Waals surface area contributed by atoms with Crippen molar-refractivity contribution in [2.75, 3.05) is 6.54 Å². The van der Waals surface area contributed by atoms with Gasteiger partial charge in [-0.05, 0) is 30.4 Å². The van der Waals surface area contributed by atoms with Crippen LogP contribution in [0.4, 0.5) is 0 Å². The molecule has 1 aromatic rings. The van der Waals surface area contributed by atoms with Crippen molar-refractivity contribution in [3.63, 3.8) is 0 Å². The second kappa shape index (κ2) is 6.08. The van der Waals surface area contributed by atoms with E-state index in [4.69, 9.17) is 0 Å². The first-order valence-corrected chi connectivity index (χ1v) is 8.91. The van der Waals surface area contributed by atoms with Crippen LogP contribution in [0.15, 0.2) is 24.3 Å². The van der Waals surface area contributed by atoms with Crippen LogP contribution in [0.1, 0.15) is 55.8 Å². The van der Waals surface area contributed by atoms with Gasteiger partial charge in [-0.25, -0.2) is 0 Å². The predicted molar refractivity (Wildman–Crippen MR) is 87.7 cm³/mol. The number of fused-ring (bicyclic) bond motifs is 3. The van der Waals surface area contributed by atoms with E-state index in [0.717, 1.165) is 44.2 Å². The molecule has 0 aromatic heterocycles. The molecule has 2 fully saturated rings. The molecular weight excluding hydrogens is 288 g/mol. The van der Waals surface area contributed by atoms with Crippen molar-refractivity contribution in [2.24, 2.45) is 5.92 Å². The van der Waals surface area contributed by atoms with Crippen LogP contribution in [0, 0.1) is 5.92 Å². The summed E-state index contributed by atoms with van der Waals surface area (Å²) in [6, 6.07) is 7.97. The van der Waals surface area contributed by atoms with Crippen LogP contribution in [0.2, 0.25) is 0 Å². The zero-order valence-corrected chi connectivity index (χ0v) is 13.5. The van der Waals surface area contributed by atoms with Gasteiger partial charge in [-0.15, -0.1) is 0 Å². The number of benzene rings is 1. The van der Waals surface area contributed by atoms with E-state index in [2.05, 4.69) is 17.4 Å².